The second-order valence-corrected chi connectivity index (χ2v) is 2.67. The summed E-state index contributed by atoms with van der Waals surface area (Å²) >= 11 is 0. The van der Waals surface area contributed by atoms with Crippen molar-refractivity contribution >= 4 is 0 Å². The topological polar surface area (TPSA) is 4.93 Å². The van der Waals surface area contributed by atoms with E-state index in [0.29, 0.717) is 0 Å². The summed E-state index contributed by atoms with van der Waals surface area (Å²) < 4.78 is 14.9. The van der Waals surface area contributed by atoms with E-state index in [2.05, 4.69) is 0 Å². The number of aromatic nitrogens is 1. The number of hydrogen-bond donors (Lipinski definition) is 0. The van der Waals surface area contributed by atoms with Gasteiger partial charge in [0, 0.05) is 18.3 Å². The molecule has 0 saturated carbocycles. The van der Waals surface area contributed by atoms with Crippen LogP contribution < -0.4 is 0 Å². The van der Waals surface area contributed by atoms with Gasteiger partial charge in [-0.1, -0.05) is 0 Å². The van der Waals surface area contributed by atoms with Gasteiger partial charge in [0.25, 0.3) is 0 Å². The molecule has 0 atom stereocenters. The normalized spacial score (nSPS) is 10.5. The predicted molar refractivity (Wildman–Crippen MR) is 39.6 cm³/mol. The highest BCUT2D eigenvalue weighted by Gasteiger charge is 2.09. The van der Waals surface area contributed by atoms with E-state index in [1.165, 1.54) is 0 Å². The highest BCUT2D eigenvalue weighted by Crippen LogP contribution is 2.17. The molecule has 0 saturated heterocycles. The lowest BCUT2D eigenvalue weighted by molar-refractivity contribution is 0.605. The third kappa shape index (κ3) is 0.753. The largest absolute Gasteiger partial charge is 0.349 e. The van der Waals surface area contributed by atoms with Crippen LogP contribution in [0.2, 0.25) is 0 Å². The summed E-state index contributed by atoms with van der Waals surface area (Å²) in [5.41, 5.74) is 2.49. The van der Waals surface area contributed by atoms with Gasteiger partial charge >= 0.3 is 0 Å². The second kappa shape index (κ2) is 2.11. The van der Waals surface area contributed by atoms with E-state index in [1.54, 1.807) is 13.8 Å². The molecule has 1 aromatic heterocycles. The molecule has 0 aliphatic heterocycles. The zero-order valence-electron chi connectivity index (χ0n) is 6.83. The molecule has 1 rings (SSSR count). The van der Waals surface area contributed by atoms with E-state index in [-0.39, 0.29) is 5.82 Å². The number of rotatable bonds is 0. The van der Waals surface area contributed by atoms with Gasteiger partial charge in [0.1, 0.15) is 5.82 Å². The van der Waals surface area contributed by atoms with E-state index >= 15 is 0 Å². The van der Waals surface area contributed by atoms with Crippen LogP contribution in [0.4, 0.5) is 4.39 Å². The zero-order valence-corrected chi connectivity index (χ0v) is 6.83. The maximum atomic E-state index is 13.0. The van der Waals surface area contributed by atoms with E-state index in [9.17, 15) is 4.39 Å². The molecule has 0 N–H and O–H groups in total. The lowest BCUT2D eigenvalue weighted by Crippen LogP contribution is -1.93. The van der Waals surface area contributed by atoms with Crippen LogP contribution in [0.15, 0.2) is 0 Å². The third-order valence-electron chi connectivity index (χ3n) is 2.20. The average Bonchev–Trinajstić information content (AvgIpc) is 2.07. The molecule has 1 aromatic rings. The van der Waals surface area contributed by atoms with Gasteiger partial charge in [-0.3, -0.25) is 0 Å². The van der Waals surface area contributed by atoms with Gasteiger partial charge in [0.05, 0.1) is 5.69 Å². The Morgan fingerprint density at radius 1 is 1.10 bits per heavy atom. The first-order valence-electron chi connectivity index (χ1n) is 3.33. The first-order valence-corrected chi connectivity index (χ1v) is 3.33. The van der Waals surface area contributed by atoms with Gasteiger partial charge in [-0.15, -0.1) is 0 Å². The van der Waals surface area contributed by atoms with Crippen molar-refractivity contribution in [3.63, 3.8) is 0 Å². The minimum atomic E-state index is -0.0694. The molecule has 1 heterocycles. The summed E-state index contributed by atoms with van der Waals surface area (Å²) in [5, 5.41) is 0. The molecule has 0 fully saturated rings. The lowest BCUT2D eigenvalue weighted by Gasteiger charge is -1.97. The molecule has 0 aliphatic rings. The Kier molecular flexibility index (Phi) is 1.55. The van der Waals surface area contributed by atoms with Crippen LogP contribution >= 0.6 is 0 Å². The third-order valence-corrected chi connectivity index (χ3v) is 2.20. The van der Waals surface area contributed by atoms with E-state index in [1.807, 2.05) is 18.5 Å². The molecule has 0 unspecified atom stereocenters. The number of hydrogen-bond acceptors (Lipinski definition) is 0. The van der Waals surface area contributed by atoms with Gasteiger partial charge in [0.2, 0.25) is 0 Å². The Morgan fingerprint density at radius 2 is 1.60 bits per heavy atom. The maximum Gasteiger partial charge on any atom is 0.146 e. The average molecular weight is 141 g/mol. The van der Waals surface area contributed by atoms with E-state index < -0.39 is 0 Å². The molecule has 0 bridgehead atoms. The van der Waals surface area contributed by atoms with Crippen molar-refractivity contribution in [2.75, 3.05) is 0 Å². The molecule has 0 amide bonds. The van der Waals surface area contributed by atoms with Crippen LogP contribution in [0.5, 0.6) is 0 Å². The summed E-state index contributed by atoms with van der Waals surface area (Å²) in [7, 11) is 1.88. The molecular formula is C8H12FN. The van der Waals surface area contributed by atoms with Crippen molar-refractivity contribution in [1.29, 1.82) is 0 Å². The van der Waals surface area contributed by atoms with Crippen molar-refractivity contribution in [3.05, 3.63) is 22.8 Å². The van der Waals surface area contributed by atoms with Crippen LogP contribution in [-0.4, -0.2) is 4.57 Å². The number of halogens is 1. The van der Waals surface area contributed by atoms with Gasteiger partial charge in [-0.2, -0.15) is 0 Å². The monoisotopic (exact) mass is 141 g/mol. The highest BCUT2D eigenvalue weighted by molar-refractivity contribution is 5.26. The van der Waals surface area contributed by atoms with Gasteiger partial charge < -0.3 is 4.57 Å². The Morgan fingerprint density at radius 3 is 1.70 bits per heavy atom. The van der Waals surface area contributed by atoms with E-state index in [4.69, 9.17) is 0 Å². The summed E-state index contributed by atoms with van der Waals surface area (Å²) in [6, 6.07) is 0. The molecule has 0 aromatic carbocycles. The fraction of sp³-hybridized carbons (Fsp3) is 0.500. The standard InChI is InChI=1S/C8H12FN/c1-5-6(2)10(4)7(3)8(5)9/h1-4H3. The Bertz CT molecular complexity index is 180. The summed E-state index contributed by atoms with van der Waals surface area (Å²) in [6.45, 7) is 5.51. The van der Waals surface area contributed by atoms with Gasteiger partial charge in [0.15, 0.2) is 0 Å². The summed E-state index contributed by atoms with van der Waals surface area (Å²) in [4.78, 5) is 0. The Balaban J connectivity index is 3.44. The quantitative estimate of drug-likeness (QED) is 0.521. The molecule has 0 radical (unpaired) electrons. The van der Waals surface area contributed by atoms with Crippen LogP contribution in [0.3, 0.4) is 0 Å². The molecule has 0 aliphatic carbocycles. The Labute approximate surface area is 60.5 Å². The minimum Gasteiger partial charge on any atom is -0.349 e. The smallest absolute Gasteiger partial charge is 0.146 e. The lowest BCUT2D eigenvalue weighted by atomic mass is 10.3. The predicted octanol–water partition coefficient (Wildman–Crippen LogP) is 2.09. The second-order valence-electron chi connectivity index (χ2n) is 2.67. The Hall–Kier alpha value is -0.790. The van der Waals surface area contributed by atoms with Crippen molar-refractivity contribution in [1.82, 2.24) is 4.57 Å². The number of nitrogens with zero attached hydrogens (tertiary/aromatic N) is 1. The van der Waals surface area contributed by atoms with Crippen molar-refractivity contribution in [2.24, 2.45) is 7.05 Å². The van der Waals surface area contributed by atoms with Gasteiger partial charge in [-0.25, -0.2) is 4.39 Å². The van der Waals surface area contributed by atoms with Crippen molar-refractivity contribution < 1.29 is 4.39 Å². The molecular weight excluding hydrogens is 129 g/mol. The van der Waals surface area contributed by atoms with Crippen LogP contribution in [0, 0.1) is 26.6 Å². The highest BCUT2D eigenvalue weighted by atomic mass is 19.1. The maximum absolute atomic E-state index is 13.0. The summed E-state index contributed by atoms with van der Waals surface area (Å²) in [6.07, 6.45) is 0. The molecule has 1 nitrogen and oxygen atoms in total. The zero-order chi connectivity index (χ0) is 7.89. The minimum absolute atomic E-state index is 0.0694. The molecule has 10 heavy (non-hydrogen) atoms. The van der Waals surface area contributed by atoms with Crippen molar-refractivity contribution in [2.45, 2.75) is 20.8 Å². The van der Waals surface area contributed by atoms with Crippen molar-refractivity contribution in [3.8, 4) is 0 Å². The fourth-order valence-electron chi connectivity index (χ4n) is 1.08. The SMILES string of the molecule is Cc1c(F)c(C)n(C)c1C. The van der Waals surface area contributed by atoms with Crippen LogP contribution in [-0.2, 0) is 7.05 Å². The van der Waals surface area contributed by atoms with Crippen LogP contribution in [0.1, 0.15) is 17.0 Å². The molecule has 2 heteroatoms. The fourth-order valence-corrected chi connectivity index (χ4v) is 1.08. The van der Waals surface area contributed by atoms with Gasteiger partial charge in [-0.05, 0) is 20.8 Å². The molecule has 0 spiro atoms. The van der Waals surface area contributed by atoms with Crippen LogP contribution in [0.25, 0.3) is 0 Å². The molecule has 56 valence electrons. The first-order chi connectivity index (χ1) is 4.55. The van der Waals surface area contributed by atoms with E-state index in [0.717, 1.165) is 17.0 Å². The first kappa shape index (κ1) is 7.32. The summed E-state index contributed by atoms with van der Waals surface area (Å²) in [5.74, 6) is -0.0694.